The van der Waals surface area contributed by atoms with Crippen LogP contribution in [0.1, 0.15) is 16.7 Å². The largest absolute Gasteiger partial charge is 0.467 e. The summed E-state index contributed by atoms with van der Waals surface area (Å²) in [6.45, 7) is 7.02. The summed E-state index contributed by atoms with van der Waals surface area (Å²) >= 11 is 1.50. The second kappa shape index (κ2) is 8.16. The van der Waals surface area contributed by atoms with E-state index >= 15 is 0 Å². The van der Waals surface area contributed by atoms with Crippen molar-refractivity contribution in [1.82, 2.24) is 14.8 Å². The van der Waals surface area contributed by atoms with Crippen molar-refractivity contribution in [3.8, 4) is 17.1 Å². The van der Waals surface area contributed by atoms with E-state index < -0.39 is 0 Å². The molecule has 28 heavy (non-hydrogen) atoms. The average molecular weight is 397 g/mol. The molecule has 0 saturated carbocycles. The summed E-state index contributed by atoms with van der Waals surface area (Å²) in [5.41, 5.74) is 3.68. The summed E-state index contributed by atoms with van der Waals surface area (Å²) in [7, 11) is 0. The van der Waals surface area contributed by atoms with E-state index in [0.717, 1.165) is 33.2 Å². The normalized spacial score (nSPS) is 13.1. The van der Waals surface area contributed by atoms with Crippen molar-refractivity contribution in [3.63, 3.8) is 0 Å². The molecule has 0 spiro atoms. The highest BCUT2D eigenvalue weighted by molar-refractivity contribution is 7.98. The monoisotopic (exact) mass is 397 g/mol. The minimum Gasteiger partial charge on any atom is -0.467 e. The number of hydrogen-bond acceptors (Lipinski definition) is 5. The fourth-order valence-corrected chi connectivity index (χ4v) is 4.11. The Morgan fingerprint density at radius 2 is 2.18 bits per heavy atom. The van der Waals surface area contributed by atoms with Crippen molar-refractivity contribution in [2.45, 2.75) is 31.0 Å². The van der Waals surface area contributed by atoms with Crippen molar-refractivity contribution in [2.75, 3.05) is 6.79 Å². The van der Waals surface area contributed by atoms with E-state index in [1.807, 2.05) is 35.8 Å². The fourth-order valence-electron chi connectivity index (χ4n) is 3.19. The van der Waals surface area contributed by atoms with Gasteiger partial charge in [0.1, 0.15) is 11.6 Å². The average Bonchev–Trinajstić information content (AvgIpc) is 3.09. The van der Waals surface area contributed by atoms with Crippen molar-refractivity contribution < 1.29 is 13.9 Å². The van der Waals surface area contributed by atoms with E-state index in [4.69, 9.17) is 9.47 Å². The number of hydrogen-bond donors (Lipinski definition) is 0. The van der Waals surface area contributed by atoms with Crippen LogP contribution in [0.5, 0.6) is 5.75 Å². The van der Waals surface area contributed by atoms with E-state index in [0.29, 0.717) is 24.7 Å². The molecule has 0 N–H and O–H groups in total. The molecule has 144 valence electrons. The number of fused-ring (bicyclic) bond motifs is 1. The van der Waals surface area contributed by atoms with Crippen molar-refractivity contribution in [2.24, 2.45) is 0 Å². The quantitative estimate of drug-likeness (QED) is 0.444. The number of aromatic nitrogens is 3. The zero-order valence-electron chi connectivity index (χ0n) is 15.5. The summed E-state index contributed by atoms with van der Waals surface area (Å²) in [5.74, 6) is 1.71. The molecular formula is C21H20FN3O2S. The highest BCUT2D eigenvalue weighted by Gasteiger charge is 2.19. The van der Waals surface area contributed by atoms with Gasteiger partial charge in [-0.15, -0.1) is 16.8 Å². The Kier molecular flexibility index (Phi) is 5.45. The standard InChI is InChI=1S/C21H20FN3O2S/c1-3-7-25-20(15-6-4-5-14(2)8-15)23-24-21(25)28-12-17-10-18(22)9-16-11-26-13-27-19(16)17/h3-6,8-10H,1,7,11-13H2,2H3. The smallest absolute Gasteiger partial charge is 0.192 e. The summed E-state index contributed by atoms with van der Waals surface area (Å²) in [6, 6.07) is 11.1. The van der Waals surface area contributed by atoms with Gasteiger partial charge in [-0.3, -0.25) is 4.57 Å². The first-order valence-electron chi connectivity index (χ1n) is 8.91. The summed E-state index contributed by atoms with van der Waals surface area (Å²) in [4.78, 5) is 0. The molecule has 4 rings (SSSR count). The fraction of sp³-hybridized carbons (Fsp3) is 0.238. The van der Waals surface area contributed by atoms with Gasteiger partial charge in [-0.05, 0) is 25.1 Å². The van der Waals surface area contributed by atoms with Crippen LogP contribution in [-0.4, -0.2) is 21.6 Å². The predicted octanol–water partition coefficient (Wildman–Crippen LogP) is 4.74. The highest BCUT2D eigenvalue weighted by Crippen LogP contribution is 2.34. The van der Waals surface area contributed by atoms with Crippen molar-refractivity contribution in [1.29, 1.82) is 0 Å². The van der Waals surface area contributed by atoms with Gasteiger partial charge in [0.15, 0.2) is 17.8 Å². The minimum absolute atomic E-state index is 0.181. The Hall–Kier alpha value is -2.64. The first kappa shape index (κ1) is 18.7. The van der Waals surface area contributed by atoms with Crippen LogP contribution in [-0.2, 0) is 23.6 Å². The number of benzene rings is 2. The number of rotatable bonds is 6. The molecule has 7 heteroatoms. The Morgan fingerprint density at radius 3 is 3.00 bits per heavy atom. The molecule has 5 nitrogen and oxygen atoms in total. The molecule has 0 unspecified atom stereocenters. The molecular weight excluding hydrogens is 377 g/mol. The van der Waals surface area contributed by atoms with E-state index in [2.05, 4.69) is 22.8 Å². The van der Waals surface area contributed by atoms with Gasteiger partial charge in [0.2, 0.25) is 0 Å². The van der Waals surface area contributed by atoms with Gasteiger partial charge in [0.25, 0.3) is 0 Å². The molecule has 0 amide bonds. The maximum atomic E-state index is 14.0. The second-order valence-corrected chi connectivity index (χ2v) is 7.47. The van der Waals surface area contributed by atoms with Crippen LogP contribution in [0.15, 0.2) is 54.2 Å². The van der Waals surface area contributed by atoms with Crippen molar-refractivity contribution >= 4 is 11.8 Å². The molecule has 0 bridgehead atoms. The SMILES string of the molecule is C=CCn1c(SCc2cc(F)cc3c2OCOC3)nnc1-c1cccc(C)c1. The van der Waals surface area contributed by atoms with Crippen molar-refractivity contribution in [3.05, 3.63) is 71.6 Å². The lowest BCUT2D eigenvalue weighted by Crippen LogP contribution is -2.13. The summed E-state index contributed by atoms with van der Waals surface area (Å²) in [5, 5.41) is 9.49. The van der Waals surface area contributed by atoms with Crippen LogP contribution in [0.25, 0.3) is 11.4 Å². The number of aryl methyl sites for hydroxylation is 1. The maximum Gasteiger partial charge on any atom is 0.192 e. The molecule has 2 aromatic carbocycles. The number of nitrogens with zero attached hydrogens (tertiary/aromatic N) is 3. The molecule has 0 radical (unpaired) electrons. The lowest BCUT2D eigenvalue weighted by atomic mass is 10.1. The van der Waals surface area contributed by atoms with E-state index in [1.54, 1.807) is 0 Å². The molecule has 3 aromatic rings. The first-order valence-corrected chi connectivity index (χ1v) is 9.90. The number of halogens is 1. The first-order chi connectivity index (χ1) is 13.7. The number of ether oxygens (including phenoxy) is 2. The molecule has 2 heterocycles. The van der Waals surface area contributed by atoms with E-state index in [1.165, 1.54) is 23.9 Å². The van der Waals surface area contributed by atoms with Crippen LogP contribution >= 0.6 is 11.8 Å². The maximum absolute atomic E-state index is 14.0. The lowest BCUT2D eigenvalue weighted by molar-refractivity contribution is -0.0171. The van der Waals surface area contributed by atoms with Gasteiger partial charge >= 0.3 is 0 Å². The minimum atomic E-state index is -0.295. The molecule has 1 aliphatic heterocycles. The highest BCUT2D eigenvalue weighted by atomic mass is 32.2. The van der Waals surface area contributed by atoms with Crippen LogP contribution in [0.3, 0.4) is 0 Å². The van der Waals surface area contributed by atoms with Crippen LogP contribution < -0.4 is 4.74 Å². The van der Waals surface area contributed by atoms with Gasteiger partial charge in [-0.25, -0.2) is 4.39 Å². The summed E-state index contributed by atoms with van der Waals surface area (Å²) < 4.78 is 26.8. The predicted molar refractivity (Wildman–Crippen MR) is 107 cm³/mol. The zero-order valence-corrected chi connectivity index (χ0v) is 16.3. The van der Waals surface area contributed by atoms with Gasteiger partial charge < -0.3 is 9.47 Å². The Labute approximate surface area is 167 Å². The third-order valence-electron chi connectivity index (χ3n) is 4.41. The third kappa shape index (κ3) is 3.81. The van der Waals surface area contributed by atoms with Gasteiger partial charge in [0, 0.05) is 29.0 Å². The van der Waals surface area contributed by atoms with Gasteiger partial charge in [0.05, 0.1) is 6.61 Å². The molecule has 0 fully saturated rings. The van der Waals surface area contributed by atoms with E-state index in [-0.39, 0.29) is 12.6 Å². The molecule has 0 saturated heterocycles. The Morgan fingerprint density at radius 1 is 1.29 bits per heavy atom. The van der Waals surface area contributed by atoms with E-state index in [9.17, 15) is 4.39 Å². The van der Waals surface area contributed by atoms with Crippen LogP contribution in [0.4, 0.5) is 4.39 Å². The van der Waals surface area contributed by atoms with Gasteiger partial charge in [-0.2, -0.15) is 0 Å². The number of allylic oxidation sites excluding steroid dienone is 1. The zero-order chi connectivity index (χ0) is 19.5. The molecule has 0 aliphatic carbocycles. The number of thioether (sulfide) groups is 1. The second-order valence-electron chi connectivity index (χ2n) is 6.53. The molecule has 1 aromatic heterocycles. The topological polar surface area (TPSA) is 49.2 Å². The lowest BCUT2D eigenvalue weighted by Gasteiger charge is -2.20. The Bertz CT molecular complexity index is 1020. The third-order valence-corrected chi connectivity index (χ3v) is 5.43. The molecule has 0 atom stereocenters. The summed E-state index contributed by atoms with van der Waals surface area (Å²) in [6.07, 6.45) is 1.82. The van der Waals surface area contributed by atoms with Gasteiger partial charge in [-0.1, -0.05) is 41.6 Å². The molecule has 1 aliphatic rings. The Balaban J connectivity index is 1.63. The van der Waals surface area contributed by atoms with Crippen LogP contribution in [0.2, 0.25) is 0 Å². The van der Waals surface area contributed by atoms with Crippen LogP contribution in [0, 0.1) is 12.7 Å².